The van der Waals surface area contributed by atoms with Gasteiger partial charge in [-0.1, -0.05) is 0 Å². The molecule has 0 radical (unpaired) electrons. The lowest BCUT2D eigenvalue weighted by molar-refractivity contribution is 0.353. The fourth-order valence-corrected chi connectivity index (χ4v) is 0.879. The zero-order chi connectivity index (χ0) is 8.27. The third-order valence-corrected chi connectivity index (χ3v) is 1.45. The van der Waals surface area contributed by atoms with Gasteiger partial charge >= 0.3 is 0 Å². The Morgan fingerprint density at radius 3 is 2.82 bits per heavy atom. The molecule has 0 fully saturated rings. The van der Waals surface area contributed by atoms with Crippen LogP contribution in [0.1, 0.15) is 11.7 Å². The van der Waals surface area contributed by atoms with Crippen molar-refractivity contribution >= 4 is 0 Å². The van der Waals surface area contributed by atoms with Gasteiger partial charge in [0.2, 0.25) is 0 Å². The summed E-state index contributed by atoms with van der Waals surface area (Å²) in [4.78, 5) is 8.56. The van der Waals surface area contributed by atoms with Gasteiger partial charge in [-0.15, -0.1) is 0 Å². The van der Waals surface area contributed by atoms with Crippen molar-refractivity contribution in [2.24, 2.45) is 0 Å². The molecule has 58 valence electrons. The Bertz CT molecular complexity index is 244. The van der Waals surface area contributed by atoms with Crippen molar-refractivity contribution in [1.82, 2.24) is 14.9 Å². The van der Waals surface area contributed by atoms with Gasteiger partial charge < -0.3 is 4.98 Å². The predicted octanol–water partition coefficient (Wildman–Crippen LogP) is 0.536. The molecule has 0 spiro atoms. The van der Waals surface area contributed by atoms with Crippen LogP contribution >= 0.6 is 0 Å². The van der Waals surface area contributed by atoms with E-state index in [9.17, 15) is 0 Å². The standard InChI is InChI=1S/C7H10N4/c1-11(2)7(3-8)6-4-9-5-10-6/h4-5,7H,1-2H3,(H,9,10). The fraction of sp³-hybridized carbons (Fsp3) is 0.429. The quantitative estimate of drug-likeness (QED) is 0.669. The average Bonchev–Trinajstić information content (AvgIpc) is 2.40. The summed E-state index contributed by atoms with van der Waals surface area (Å²) < 4.78 is 0. The van der Waals surface area contributed by atoms with Crippen molar-refractivity contribution < 1.29 is 0 Å². The highest BCUT2D eigenvalue weighted by Crippen LogP contribution is 2.12. The molecular weight excluding hydrogens is 140 g/mol. The summed E-state index contributed by atoms with van der Waals surface area (Å²) in [5, 5.41) is 8.73. The molecule has 0 saturated heterocycles. The molecule has 0 saturated carbocycles. The molecule has 1 unspecified atom stereocenters. The van der Waals surface area contributed by atoms with Crippen LogP contribution in [0.2, 0.25) is 0 Å². The minimum absolute atomic E-state index is 0.225. The number of aromatic nitrogens is 2. The number of hydrogen-bond acceptors (Lipinski definition) is 3. The summed E-state index contributed by atoms with van der Waals surface area (Å²) in [6.07, 6.45) is 3.23. The summed E-state index contributed by atoms with van der Waals surface area (Å²) in [5.74, 6) is 0. The van der Waals surface area contributed by atoms with Gasteiger partial charge in [0.25, 0.3) is 0 Å². The number of imidazole rings is 1. The Morgan fingerprint density at radius 1 is 1.73 bits per heavy atom. The van der Waals surface area contributed by atoms with Crippen molar-refractivity contribution in [3.8, 4) is 6.07 Å². The predicted molar refractivity (Wildman–Crippen MR) is 40.6 cm³/mol. The number of rotatable bonds is 2. The van der Waals surface area contributed by atoms with E-state index < -0.39 is 0 Å². The number of nitrogens with one attached hydrogen (secondary N) is 1. The second-order valence-electron chi connectivity index (χ2n) is 2.50. The van der Waals surface area contributed by atoms with E-state index in [2.05, 4.69) is 16.0 Å². The maximum Gasteiger partial charge on any atom is 0.139 e. The maximum absolute atomic E-state index is 8.73. The van der Waals surface area contributed by atoms with E-state index in [-0.39, 0.29) is 6.04 Å². The molecule has 0 aromatic carbocycles. The Balaban J connectivity index is 2.82. The van der Waals surface area contributed by atoms with E-state index >= 15 is 0 Å². The number of nitrogens with zero attached hydrogens (tertiary/aromatic N) is 3. The molecule has 1 aromatic rings. The summed E-state index contributed by atoms with van der Waals surface area (Å²) in [6, 6.07) is 1.93. The number of hydrogen-bond donors (Lipinski definition) is 1. The Labute approximate surface area is 65.5 Å². The lowest BCUT2D eigenvalue weighted by atomic mass is 10.2. The van der Waals surface area contributed by atoms with Crippen LogP contribution in [0.4, 0.5) is 0 Å². The molecule has 0 bridgehead atoms. The van der Waals surface area contributed by atoms with Gasteiger partial charge in [-0.2, -0.15) is 5.26 Å². The van der Waals surface area contributed by atoms with E-state index in [1.54, 1.807) is 12.5 Å². The van der Waals surface area contributed by atoms with Crippen molar-refractivity contribution in [2.75, 3.05) is 14.1 Å². The molecule has 1 rings (SSSR count). The molecular formula is C7H10N4. The summed E-state index contributed by atoms with van der Waals surface area (Å²) >= 11 is 0. The molecule has 0 aliphatic carbocycles. The van der Waals surface area contributed by atoms with Crippen LogP contribution in [-0.4, -0.2) is 29.0 Å². The molecule has 1 atom stereocenters. The molecule has 4 heteroatoms. The Kier molecular flexibility index (Phi) is 2.24. The first-order valence-corrected chi connectivity index (χ1v) is 3.30. The minimum atomic E-state index is -0.225. The highest BCUT2D eigenvalue weighted by Gasteiger charge is 2.12. The Hall–Kier alpha value is -1.34. The summed E-state index contributed by atoms with van der Waals surface area (Å²) in [6.45, 7) is 0. The molecule has 0 aliphatic heterocycles. The first kappa shape index (κ1) is 7.76. The van der Waals surface area contributed by atoms with Crippen LogP contribution in [0.15, 0.2) is 12.5 Å². The number of aromatic amines is 1. The van der Waals surface area contributed by atoms with E-state index in [4.69, 9.17) is 5.26 Å². The van der Waals surface area contributed by atoms with Crippen LogP contribution < -0.4 is 0 Å². The number of nitriles is 1. The van der Waals surface area contributed by atoms with Crippen LogP contribution in [0.5, 0.6) is 0 Å². The van der Waals surface area contributed by atoms with Gasteiger partial charge in [-0.3, -0.25) is 4.90 Å². The summed E-state index contributed by atoms with van der Waals surface area (Å²) in [5.41, 5.74) is 0.831. The van der Waals surface area contributed by atoms with Gasteiger partial charge in [-0.05, 0) is 14.1 Å². The first-order valence-electron chi connectivity index (χ1n) is 3.30. The maximum atomic E-state index is 8.73. The second-order valence-corrected chi connectivity index (χ2v) is 2.50. The van der Waals surface area contributed by atoms with E-state index in [0.717, 1.165) is 5.69 Å². The molecule has 1 heterocycles. The van der Waals surface area contributed by atoms with E-state index in [1.165, 1.54) is 0 Å². The normalized spacial score (nSPS) is 12.9. The molecule has 1 N–H and O–H groups in total. The minimum Gasteiger partial charge on any atom is -0.346 e. The highest BCUT2D eigenvalue weighted by molar-refractivity contribution is 5.11. The van der Waals surface area contributed by atoms with Crippen LogP contribution in [-0.2, 0) is 0 Å². The third-order valence-electron chi connectivity index (χ3n) is 1.45. The molecule has 0 amide bonds. The molecule has 1 aromatic heterocycles. The van der Waals surface area contributed by atoms with E-state index in [1.807, 2.05) is 19.0 Å². The van der Waals surface area contributed by atoms with Crippen LogP contribution in [0, 0.1) is 11.3 Å². The zero-order valence-electron chi connectivity index (χ0n) is 6.57. The Morgan fingerprint density at radius 2 is 2.45 bits per heavy atom. The van der Waals surface area contributed by atoms with Crippen molar-refractivity contribution in [3.63, 3.8) is 0 Å². The third kappa shape index (κ3) is 1.57. The van der Waals surface area contributed by atoms with Crippen molar-refractivity contribution in [2.45, 2.75) is 6.04 Å². The van der Waals surface area contributed by atoms with Gasteiger partial charge in [0.1, 0.15) is 6.04 Å². The lowest BCUT2D eigenvalue weighted by Gasteiger charge is -2.14. The van der Waals surface area contributed by atoms with Crippen LogP contribution in [0.3, 0.4) is 0 Å². The molecule has 11 heavy (non-hydrogen) atoms. The highest BCUT2D eigenvalue weighted by atomic mass is 15.1. The monoisotopic (exact) mass is 150 g/mol. The first-order chi connectivity index (χ1) is 5.25. The smallest absolute Gasteiger partial charge is 0.139 e. The number of H-pyrrole nitrogens is 1. The SMILES string of the molecule is CN(C)C(C#N)c1cnc[nH]1. The van der Waals surface area contributed by atoms with Crippen molar-refractivity contribution in [3.05, 3.63) is 18.2 Å². The van der Waals surface area contributed by atoms with Gasteiger partial charge in [0.15, 0.2) is 0 Å². The van der Waals surface area contributed by atoms with Gasteiger partial charge in [0, 0.05) is 0 Å². The summed E-state index contributed by atoms with van der Waals surface area (Å²) in [7, 11) is 3.71. The topological polar surface area (TPSA) is 55.7 Å². The van der Waals surface area contributed by atoms with Gasteiger partial charge in [0.05, 0.1) is 24.3 Å². The largest absolute Gasteiger partial charge is 0.346 e. The van der Waals surface area contributed by atoms with Crippen molar-refractivity contribution in [1.29, 1.82) is 5.26 Å². The second kappa shape index (κ2) is 3.17. The lowest BCUT2D eigenvalue weighted by Crippen LogP contribution is -2.18. The molecule has 4 nitrogen and oxygen atoms in total. The average molecular weight is 150 g/mol. The fourth-order valence-electron chi connectivity index (χ4n) is 0.879. The molecule has 0 aliphatic rings. The van der Waals surface area contributed by atoms with E-state index in [0.29, 0.717) is 0 Å². The van der Waals surface area contributed by atoms with Gasteiger partial charge in [-0.25, -0.2) is 4.98 Å². The van der Waals surface area contributed by atoms with Crippen LogP contribution in [0.25, 0.3) is 0 Å². The zero-order valence-corrected chi connectivity index (χ0v) is 6.57.